The third-order valence-corrected chi connectivity index (χ3v) is 7.90. The number of anilines is 1. The van der Waals surface area contributed by atoms with Crippen LogP contribution in [-0.2, 0) is 11.2 Å². The summed E-state index contributed by atoms with van der Waals surface area (Å²) in [6.07, 6.45) is 1.53. The molecule has 2 atom stereocenters. The molecular weight excluding hydrogens is 494 g/mol. The van der Waals surface area contributed by atoms with Crippen LogP contribution in [0.1, 0.15) is 42.3 Å². The Morgan fingerprint density at radius 3 is 2.78 bits per heavy atom. The summed E-state index contributed by atoms with van der Waals surface area (Å²) in [5, 5.41) is 5.50. The van der Waals surface area contributed by atoms with Gasteiger partial charge in [0.1, 0.15) is 18.9 Å². The predicted molar refractivity (Wildman–Crippen MR) is 146 cm³/mol. The predicted octanol–water partition coefficient (Wildman–Crippen LogP) is 6.55. The molecule has 0 unspecified atom stereocenters. The summed E-state index contributed by atoms with van der Waals surface area (Å²) in [7, 11) is 0. The molecule has 0 radical (unpaired) electrons. The average molecular weight is 526 g/mol. The number of ether oxygens (including phenoxy) is 1. The lowest BCUT2D eigenvalue weighted by atomic mass is 10.00. The van der Waals surface area contributed by atoms with Gasteiger partial charge in [0.05, 0.1) is 6.04 Å². The standard InChI is InChI=1S/C28H32ClN3O3S/c1-4-20(3)32(28(34)30-22-10-7-9-21(29)16-22)17-27(33)31-14-12-26-23(13-15-36-26)24(31)18-35-25-11-6-5-8-19(25)2/h5-11,13,15-16,20,24H,4,12,14,17-18H2,1-3H3,(H,30,34)/t20-,24+/m0/s1. The van der Waals surface area contributed by atoms with Crippen LogP contribution in [-0.4, -0.2) is 47.5 Å². The molecule has 6 nitrogen and oxygen atoms in total. The fourth-order valence-corrected chi connectivity index (χ4v) is 5.53. The van der Waals surface area contributed by atoms with Gasteiger partial charge in [0.25, 0.3) is 0 Å². The van der Waals surface area contributed by atoms with Crippen LogP contribution < -0.4 is 10.1 Å². The van der Waals surface area contributed by atoms with Gasteiger partial charge >= 0.3 is 6.03 Å². The van der Waals surface area contributed by atoms with Crippen LogP contribution in [0.15, 0.2) is 60.0 Å². The number of para-hydroxylation sites is 1. The van der Waals surface area contributed by atoms with E-state index in [4.69, 9.17) is 16.3 Å². The van der Waals surface area contributed by atoms with Crippen molar-refractivity contribution in [3.63, 3.8) is 0 Å². The first-order valence-corrected chi connectivity index (χ1v) is 13.5. The smallest absolute Gasteiger partial charge is 0.322 e. The van der Waals surface area contributed by atoms with E-state index in [1.807, 2.05) is 49.9 Å². The monoisotopic (exact) mass is 525 g/mol. The molecule has 2 heterocycles. The van der Waals surface area contributed by atoms with Gasteiger partial charge in [-0.25, -0.2) is 4.79 Å². The van der Waals surface area contributed by atoms with Gasteiger partial charge in [-0.3, -0.25) is 4.79 Å². The Hall–Kier alpha value is -3.03. The highest BCUT2D eigenvalue weighted by atomic mass is 35.5. The zero-order valence-corrected chi connectivity index (χ0v) is 22.4. The van der Waals surface area contributed by atoms with Gasteiger partial charge in [-0.1, -0.05) is 42.8 Å². The number of fused-ring (bicyclic) bond motifs is 1. The topological polar surface area (TPSA) is 61.9 Å². The van der Waals surface area contributed by atoms with Crippen LogP contribution in [0.25, 0.3) is 0 Å². The van der Waals surface area contributed by atoms with E-state index in [0.717, 1.165) is 29.7 Å². The molecule has 1 aliphatic rings. The number of hydrogen-bond donors (Lipinski definition) is 1. The van der Waals surface area contributed by atoms with Gasteiger partial charge in [-0.05, 0) is 73.5 Å². The SMILES string of the molecule is CC[C@H](C)N(CC(=O)N1CCc2sccc2[C@H]1COc1ccccc1C)C(=O)Nc1cccc(Cl)c1. The maximum atomic E-state index is 13.7. The summed E-state index contributed by atoms with van der Waals surface area (Å²) < 4.78 is 6.20. The molecule has 1 N–H and O–H groups in total. The Kier molecular flexibility index (Phi) is 8.54. The van der Waals surface area contributed by atoms with Crippen molar-refractivity contribution in [3.8, 4) is 5.75 Å². The first-order chi connectivity index (χ1) is 17.4. The molecule has 190 valence electrons. The van der Waals surface area contributed by atoms with Crippen LogP contribution in [0.5, 0.6) is 5.75 Å². The van der Waals surface area contributed by atoms with Crippen molar-refractivity contribution in [1.82, 2.24) is 9.80 Å². The molecule has 8 heteroatoms. The van der Waals surface area contributed by atoms with Gasteiger partial charge < -0.3 is 19.9 Å². The minimum atomic E-state index is -0.319. The minimum Gasteiger partial charge on any atom is -0.491 e. The number of hydrogen-bond acceptors (Lipinski definition) is 4. The molecule has 3 amide bonds. The third-order valence-electron chi connectivity index (χ3n) is 6.67. The Morgan fingerprint density at radius 1 is 1.22 bits per heavy atom. The first kappa shape index (κ1) is 26.0. The molecule has 0 fully saturated rings. The molecule has 0 bridgehead atoms. The zero-order valence-electron chi connectivity index (χ0n) is 20.9. The maximum absolute atomic E-state index is 13.7. The van der Waals surface area contributed by atoms with Crippen molar-refractivity contribution in [2.45, 2.75) is 45.7 Å². The lowest BCUT2D eigenvalue weighted by Crippen LogP contribution is -2.50. The summed E-state index contributed by atoms with van der Waals surface area (Å²) in [5.41, 5.74) is 2.78. The van der Waals surface area contributed by atoms with E-state index in [9.17, 15) is 9.59 Å². The van der Waals surface area contributed by atoms with Crippen LogP contribution in [0, 0.1) is 6.92 Å². The largest absolute Gasteiger partial charge is 0.491 e. The number of benzene rings is 2. The van der Waals surface area contributed by atoms with Gasteiger partial charge in [-0.2, -0.15) is 0 Å². The molecule has 1 aromatic heterocycles. The van der Waals surface area contributed by atoms with Crippen molar-refractivity contribution in [3.05, 3.63) is 81.0 Å². The number of carbonyl (C=O) groups is 2. The van der Waals surface area contributed by atoms with Gasteiger partial charge in [0.15, 0.2) is 0 Å². The molecule has 0 aliphatic carbocycles. The second kappa shape index (κ2) is 11.8. The molecule has 2 aromatic carbocycles. The summed E-state index contributed by atoms with van der Waals surface area (Å²) in [6, 6.07) is 16.3. The molecule has 3 aromatic rings. The highest BCUT2D eigenvalue weighted by molar-refractivity contribution is 7.10. The van der Waals surface area contributed by atoms with Gasteiger partial charge in [0.2, 0.25) is 5.91 Å². The third kappa shape index (κ3) is 6.02. The van der Waals surface area contributed by atoms with Crippen LogP contribution >= 0.6 is 22.9 Å². The molecule has 0 saturated carbocycles. The first-order valence-electron chi connectivity index (χ1n) is 12.2. The van der Waals surface area contributed by atoms with Crippen LogP contribution in [0.3, 0.4) is 0 Å². The van der Waals surface area contributed by atoms with E-state index < -0.39 is 0 Å². The molecular formula is C28H32ClN3O3S. The number of thiophene rings is 1. The summed E-state index contributed by atoms with van der Waals surface area (Å²) in [4.78, 5) is 31.7. The summed E-state index contributed by atoms with van der Waals surface area (Å²) in [5.74, 6) is 0.723. The molecule has 0 saturated heterocycles. The number of aryl methyl sites for hydroxylation is 1. The highest BCUT2D eigenvalue weighted by Gasteiger charge is 2.34. The van der Waals surface area contributed by atoms with E-state index in [1.165, 1.54) is 4.88 Å². The van der Waals surface area contributed by atoms with Crippen molar-refractivity contribution in [2.24, 2.45) is 0 Å². The molecule has 36 heavy (non-hydrogen) atoms. The average Bonchev–Trinajstić information content (AvgIpc) is 3.35. The van der Waals surface area contributed by atoms with Crippen molar-refractivity contribution < 1.29 is 14.3 Å². The quantitative estimate of drug-likeness (QED) is 0.363. The van der Waals surface area contributed by atoms with E-state index in [1.54, 1.807) is 40.5 Å². The Labute approximate surface area is 221 Å². The normalized spacial score (nSPS) is 15.7. The van der Waals surface area contributed by atoms with E-state index in [-0.39, 0.29) is 30.6 Å². The van der Waals surface area contributed by atoms with E-state index in [0.29, 0.717) is 23.9 Å². The zero-order chi connectivity index (χ0) is 25.7. The van der Waals surface area contributed by atoms with E-state index in [2.05, 4.69) is 16.8 Å². The lowest BCUT2D eigenvalue weighted by molar-refractivity contribution is -0.135. The second-order valence-electron chi connectivity index (χ2n) is 9.05. The highest BCUT2D eigenvalue weighted by Crippen LogP contribution is 2.34. The second-order valence-corrected chi connectivity index (χ2v) is 10.5. The molecule has 0 spiro atoms. The minimum absolute atomic E-state index is 0.0122. The van der Waals surface area contributed by atoms with E-state index >= 15 is 0 Å². The Balaban J connectivity index is 1.52. The fraction of sp³-hybridized carbons (Fsp3) is 0.357. The lowest BCUT2D eigenvalue weighted by Gasteiger charge is -2.38. The number of halogens is 1. The van der Waals surface area contributed by atoms with Gasteiger partial charge in [-0.15, -0.1) is 11.3 Å². The Bertz CT molecular complexity index is 1210. The number of nitrogens with zero attached hydrogens (tertiary/aromatic N) is 2. The number of amides is 3. The number of nitrogens with one attached hydrogen (secondary N) is 1. The fourth-order valence-electron chi connectivity index (χ4n) is 4.41. The van der Waals surface area contributed by atoms with Crippen molar-refractivity contribution in [1.29, 1.82) is 0 Å². The summed E-state index contributed by atoms with van der Waals surface area (Å²) >= 11 is 7.80. The molecule has 4 rings (SSSR count). The number of urea groups is 1. The van der Waals surface area contributed by atoms with Crippen LogP contribution in [0.4, 0.5) is 10.5 Å². The van der Waals surface area contributed by atoms with Crippen molar-refractivity contribution >= 4 is 40.6 Å². The Morgan fingerprint density at radius 2 is 2.03 bits per heavy atom. The van der Waals surface area contributed by atoms with Crippen molar-refractivity contribution in [2.75, 3.05) is 25.0 Å². The summed E-state index contributed by atoms with van der Waals surface area (Å²) in [6.45, 7) is 6.92. The maximum Gasteiger partial charge on any atom is 0.322 e. The van der Waals surface area contributed by atoms with Crippen LogP contribution in [0.2, 0.25) is 5.02 Å². The number of carbonyl (C=O) groups excluding carboxylic acids is 2. The van der Waals surface area contributed by atoms with Gasteiger partial charge in [0, 0.05) is 28.2 Å². The molecule has 1 aliphatic heterocycles. The number of rotatable bonds is 8.